The molecule has 5 nitrogen and oxygen atoms in total. The van der Waals surface area contributed by atoms with Crippen LogP contribution in [0.2, 0.25) is 0 Å². The zero-order valence-electron chi connectivity index (χ0n) is 16.2. The normalized spacial score (nSPS) is 17.2. The number of nitrogens with one attached hydrogen (secondary N) is 1. The lowest BCUT2D eigenvalue weighted by Crippen LogP contribution is -2.51. The smallest absolute Gasteiger partial charge is 0.264 e. The minimum atomic E-state index is 0.0366. The molecule has 0 bridgehead atoms. The number of benzene rings is 1. The molecule has 28 heavy (non-hydrogen) atoms. The van der Waals surface area contributed by atoms with Gasteiger partial charge in [-0.25, -0.2) is 0 Å². The molecule has 1 aliphatic heterocycles. The monoisotopic (exact) mass is 397 g/mol. The second-order valence-corrected chi connectivity index (χ2v) is 8.73. The highest BCUT2D eigenvalue weighted by atomic mass is 32.1. The highest BCUT2D eigenvalue weighted by molar-refractivity contribution is 7.14. The third-order valence-corrected chi connectivity index (χ3v) is 6.79. The fourth-order valence-electron chi connectivity index (χ4n) is 3.92. The molecule has 1 aromatic heterocycles. The van der Waals surface area contributed by atoms with Crippen molar-refractivity contribution in [2.45, 2.75) is 32.2 Å². The number of nitrogens with zero attached hydrogens (tertiary/aromatic N) is 2. The first-order valence-corrected chi connectivity index (χ1v) is 10.9. The van der Waals surface area contributed by atoms with Crippen molar-refractivity contribution in [2.24, 2.45) is 0 Å². The summed E-state index contributed by atoms with van der Waals surface area (Å²) in [5.74, 6) is 0.196. The first kappa shape index (κ1) is 19.2. The van der Waals surface area contributed by atoms with Gasteiger partial charge in [0.2, 0.25) is 5.91 Å². The number of thiophene rings is 1. The Kier molecular flexibility index (Phi) is 6.07. The summed E-state index contributed by atoms with van der Waals surface area (Å²) >= 11 is 1.68. The van der Waals surface area contributed by atoms with Crippen molar-refractivity contribution in [1.82, 2.24) is 15.1 Å². The molecule has 0 saturated carbocycles. The zero-order chi connectivity index (χ0) is 19.3. The van der Waals surface area contributed by atoms with Crippen LogP contribution in [-0.4, -0.2) is 54.3 Å². The molecule has 0 spiro atoms. The molecule has 6 heteroatoms. The molecule has 2 aliphatic rings. The maximum absolute atomic E-state index is 12.8. The van der Waals surface area contributed by atoms with Crippen LogP contribution < -0.4 is 5.32 Å². The van der Waals surface area contributed by atoms with Crippen LogP contribution >= 0.6 is 11.3 Å². The molecule has 2 heterocycles. The maximum Gasteiger partial charge on any atom is 0.264 e. The number of amides is 2. The van der Waals surface area contributed by atoms with Gasteiger partial charge >= 0.3 is 0 Å². The quantitative estimate of drug-likeness (QED) is 0.844. The number of hydrogen-bond donors (Lipinski definition) is 1. The summed E-state index contributed by atoms with van der Waals surface area (Å²) in [6, 6.07) is 12.0. The number of rotatable bonds is 5. The van der Waals surface area contributed by atoms with Crippen molar-refractivity contribution < 1.29 is 9.59 Å². The second-order valence-electron chi connectivity index (χ2n) is 7.60. The molecule has 0 atom stereocenters. The Hall–Kier alpha value is -2.18. The first-order valence-electron chi connectivity index (χ1n) is 10.1. The summed E-state index contributed by atoms with van der Waals surface area (Å²) in [4.78, 5) is 31.4. The van der Waals surface area contributed by atoms with E-state index in [4.69, 9.17) is 0 Å². The van der Waals surface area contributed by atoms with Crippen LogP contribution in [0.1, 0.15) is 38.5 Å². The summed E-state index contributed by atoms with van der Waals surface area (Å²) in [5.41, 5.74) is 2.48. The van der Waals surface area contributed by atoms with Gasteiger partial charge in [-0.3, -0.25) is 14.5 Å². The highest BCUT2D eigenvalue weighted by Gasteiger charge is 2.25. The Labute approximate surface area is 170 Å². The number of fused-ring (bicyclic) bond motifs is 1. The summed E-state index contributed by atoms with van der Waals surface area (Å²) in [6.07, 6.45) is 4.72. The molecule has 148 valence electrons. The van der Waals surface area contributed by atoms with E-state index in [-0.39, 0.29) is 11.8 Å². The number of carbonyl (C=O) groups is 2. The lowest BCUT2D eigenvalue weighted by Gasteiger charge is -2.34. The average Bonchev–Trinajstić information content (AvgIpc) is 3.17. The molecule has 1 fully saturated rings. The highest BCUT2D eigenvalue weighted by Crippen LogP contribution is 2.30. The second kappa shape index (κ2) is 8.88. The molecular formula is C22H27N3O2S. The van der Waals surface area contributed by atoms with E-state index in [9.17, 15) is 9.59 Å². The predicted octanol–water partition coefficient (Wildman–Crippen LogP) is 2.70. The van der Waals surface area contributed by atoms with Gasteiger partial charge in [0, 0.05) is 37.6 Å². The topological polar surface area (TPSA) is 52.7 Å². The Morgan fingerprint density at radius 3 is 2.50 bits per heavy atom. The van der Waals surface area contributed by atoms with Crippen LogP contribution in [0.15, 0.2) is 36.4 Å². The van der Waals surface area contributed by atoms with Crippen molar-refractivity contribution in [3.8, 4) is 0 Å². The van der Waals surface area contributed by atoms with Crippen LogP contribution in [0, 0.1) is 0 Å². The van der Waals surface area contributed by atoms with Crippen molar-refractivity contribution in [1.29, 1.82) is 0 Å². The number of piperazine rings is 1. The fraction of sp³-hybridized carbons (Fsp3) is 0.455. The van der Waals surface area contributed by atoms with Crippen LogP contribution in [0.4, 0.5) is 0 Å². The van der Waals surface area contributed by atoms with Crippen LogP contribution in [0.25, 0.3) is 0 Å². The Balaban J connectivity index is 1.23. The Morgan fingerprint density at radius 2 is 1.75 bits per heavy atom. The number of carbonyl (C=O) groups excluding carboxylic acids is 2. The van der Waals surface area contributed by atoms with Gasteiger partial charge < -0.3 is 10.2 Å². The third kappa shape index (κ3) is 4.62. The van der Waals surface area contributed by atoms with Gasteiger partial charge in [-0.2, -0.15) is 0 Å². The van der Waals surface area contributed by atoms with E-state index < -0.39 is 0 Å². The molecule has 2 amide bonds. The predicted molar refractivity (Wildman–Crippen MR) is 112 cm³/mol. The lowest BCUT2D eigenvalue weighted by molar-refractivity contribution is -0.122. The van der Waals surface area contributed by atoms with Crippen molar-refractivity contribution in [3.05, 3.63) is 57.3 Å². The van der Waals surface area contributed by atoms with Crippen LogP contribution in [0.3, 0.4) is 0 Å². The lowest BCUT2D eigenvalue weighted by atomic mass is 9.99. The summed E-state index contributed by atoms with van der Waals surface area (Å²) in [5, 5.41) is 2.97. The van der Waals surface area contributed by atoms with Gasteiger partial charge in [0.25, 0.3) is 5.91 Å². The van der Waals surface area contributed by atoms with Gasteiger partial charge in [0.1, 0.15) is 0 Å². The van der Waals surface area contributed by atoms with Gasteiger partial charge in [0.05, 0.1) is 11.4 Å². The van der Waals surface area contributed by atoms with Crippen molar-refractivity contribution in [3.63, 3.8) is 0 Å². The molecular weight excluding hydrogens is 370 g/mol. The minimum absolute atomic E-state index is 0.0366. The molecule has 0 unspecified atom stereocenters. The van der Waals surface area contributed by atoms with Crippen LogP contribution in [-0.2, 0) is 24.2 Å². The average molecular weight is 398 g/mol. The molecule has 1 N–H and O–H groups in total. The number of hydrogen-bond acceptors (Lipinski definition) is 4. The van der Waals surface area contributed by atoms with E-state index in [1.807, 2.05) is 35.2 Å². The summed E-state index contributed by atoms with van der Waals surface area (Å²) in [6.45, 7) is 3.81. The first-order chi connectivity index (χ1) is 13.7. The Bertz CT molecular complexity index is 802. The molecule has 1 aliphatic carbocycles. The SMILES string of the molecule is O=C(CN1CCN(C(=O)c2cc3c(s2)CCCC3)CC1)NCc1ccccc1. The van der Waals surface area contributed by atoms with E-state index in [1.165, 1.54) is 23.3 Å². The number of aryl methyl sites for hydroxylation is 2. The van der Waals surface area contributed by atoms with Crippen LogP contribution in [0.5, 0.6) is 0 Å². The molecule has 2 aromatic rings. The zero-order valence-corrected chi connectivity index (χ0v) is 17.0. The van der Waals surface area contributed by atoms with E-state index in [2.05, 4.69) is 16.3 Å². The van der Waals surface area contributed by atoms with Crippen molar-refractivity contribution >= 4 is 23.2 Å². The van der Waals surface area contributed by atoms with Gasteiger partial charge in [-0.15, -0.1) is 11.3 Å². The van der Waals surface area contributed by atoms with Crippen molar-refractivity contribution in [2.75, 3.05) is 32.7 Å². The van der Waals surface area contributed by atoms with E-state index >= 15 is 0 Å². The van der Waals surface area contributed by atoms with Gasteiger partial charge in [0.15, 0.2) is 0 Å². The van der Waals surface area contributed by atoms with Gasteiger partial charge in [-0.1, -0.05) is 30.3 Å². The van der Waals surface area contributed by atoms with Gasteiger partial charge in [-0.05, 0) is 42.9 Å². The molecule has 0 radical (unpaired) electrons. The molecule has 1 aromatic carbocycles. The van der Waals surface area contributed by atoms with E-state index in [0.29, 0.717) is 26.2 Å². The standard InChI is InChI=1S/C22H27N3O2S/c26-21(23-15-17-6-2-1-3-7-17)16-24-10-12-25(13-11-24)22(27)20-14-18-8-4-5-9-19(18)28-20/h1-3,6-7,14H,4-5,8-13,15-16H2,(H,23,26). The Morgan fingerprint density at radius 1 is 1.00 bits per heavy atom. The molecule has 1 saturated heterocycles. The molecule has 4 rings (SSSR count). The maximum atomic E-state index is 12.8. The fourth-order valence-corrected chi connectivity index (χ4v) is 5.14. The van der Waals surface area contributed by atoms with E-state index in [0.717, 1.165) is 36.4 Å². The largest absolute Gasteiger partial charge is 0.351 e. The summed E-state index contributed by atoms with van der Waals surface area (Å²) < 4.78 is 0. The third-order valence-electron chi connectivity index (χ3n) is 5.57. The summed E-state index contributed by atoms with van der Waals surface area (Å²) in [7, 11) is 0. The van der Waals surface area contributed by atoms with E-state index in [1.54, 1.807) is 11.3 Å². The minimum Gasteiger partial charge on any atom is -0.351 e.